The molecule has 8 heteroatoms. The third-order valence-electron chi connectivity index (χ3n) is 3.52. The summed E-state index contributed by atoms with van der Waals surface area (Å²) in [5, 5.41) is 9.93. The molecule has 1 fully saturated rings. The van der Waals surface area contributed by atoms with Crippen molar-refractivity contribution in [3.8, 4) is 11.5 Å². The topological polar surface area (TPSA) is 66.8 Å². The maximum atomic E-state index is 12.7. The van der Waals surface area contributed by atoms with E-state index in [-0.39, 0.29) is 10.7 Å². The van der Waals surface area contributed by atoms with Gasteiger partial charge in [0.05, 0.1) is 17.2 Å². The Kier molecular flexibility index (Phi) is 5.60. The number of rotatable bonds is 4. The number of hydrogen-bond donors (Lipinski definition) is 1. The number of anilines is 1. The minimum Gasteiger partial charge on any atom is -0.504 e. The van der Waals surface area contributed by atoms with E-state index < -0.39 is 11.1 Å². The minimum atomic E-state index is -0.430. The Morgan fingerprint density at radius 1 is 1.31 bits per heavy atom. The quantitative estimate of drug-likeness (QED) is 0.622. The van der Waals surface area contributed by atoms with E-state index in [0.717, 1.165) is 16.7 Å². The number of carbonyl (C=O) groups excluding carboxylic acids is 2. The second-order valence-corrected chi connectivity index (χ2v) is 7.56. The van der Waals surface area contributed by atoms with Crippen LogP contribution < -0.4 is 9.64 Å². The van der Waals surface area contributed by atoms with Crippen molar-refractivity contribution in [1.82, 2.24) is 0 Å². The van der Waals surface area contributed by atoms with Crippen molar-refractivity contribution in [2.24, 2.45) is 0 Å². The number of aromatic hydroxyl groups is 1. The number of phenolic OH excluding ortho intramolecular Hbond substituents is 1. The zero-order valence-electron chi connectivity index (χ0n) is 13.5. The molecule has 1 N–H and O–H groups in total. The van der Waals surface area contributed by atoms with Crippen LogP contribution in [0.25, 0.3) is 6.08 Å². The third-order valence-corrected chi connectivity index (χ3v) is 5.32. The molecular weight excluding hydrogens is 442 g/mol. The maximum absolute atomic E-state index is 12.7. The average molecular weight is 455 g/mol. The summed E-state index contributed by atoms with van der Waals surface area (Å²) in [7, 11) is 0. The fourth-order valence-electron chi connectivity index (χ4n) is 2.39. The van der Waals surface area contributed by atoms with Crippen LogP contribution >= 0.6 is 39.3 Å². The van der Waals surface area contributed by atoms with Crippen LogP contribution in [-0.4, -0.2) is 22.9 Å². The third kappa shape index (κ3) is 3.75. The Hall–Kier alpha value is -1.96. The van der Waals surface area contributed by atoms with E-state index in [0.29, 0.717) is 33.1 Å². The number of halogens is 2. The molecule has 1 aliphatic heterocycles. The molecule has 3 rings (SSSR count). The number of ether oxygens (including phenoxy) is 1. The zero-order chi connectivity index (χ0) is 18.8. The van der Waals surface area contributed by atoms with Gasteiger partial charge in [-0.1, -0.05) is 33.6 Å². The summed E-state index contributed by atoms with van der Waals surface area (Å²) in [6.45, 7) is 2.19. The van der Waals surface area contributed by atoms with E-state index in [1.165, 1.54) is 6.07 Å². The van der Waals surface area contributed by atoms with Crippen molar-refractivity contribution in [1.29, 1.82) is 0 Å². The number of hydrogen-bond acceptors (Lipinski definition) is 5. The molecule has 0 aromatic heterocycles. The van der Waals surface area contributed by atoms with E-state index in [1.54, 1.807) is 43.3 Å². The SMILES string of the molecule is CCOc1cc(C=C2SC(=O)N(c3cccc(Cl)c3)C2=O)c(Br)cc1O. The van der Waals surface area contributed by atoms with Crippen LogP contribution in [0.2, 0.25) is 5.02 Å². The van der Waals surface area contributed by atoms with Gasteiger partial charge in [0, 0.05) is 9.50 Å². The molecule has 5 nitrogen and oxygen atoms in total. The summed E-state index contributed by atoms with van der Waals surface area (Å²) in [4.78, 5) is 26.4. The number of phenols is 1. The van der Waals surface area contributed by atoms with Gasteiger partial charge in [0.25, 0.3) is 11.1 Å². The highest BCUT2D eigenvalue weighted by molar-refractivity contribution is 9.10. The van der Waals surface area contributed by atoms with Gasteiger partial charge in [-0.15, -0.1) is 0 Å². The number of amides is 2. The van der Waals surface area contributed by atoms with Gasteiger partial charge < -0.3 is 9.84 Å². The monoisotopic (exact) mass is 453 g/mol. The predicted molar refractivity (Wildman–Crippen MR) is 107 cm³/mol. The molecule has 2 aromatic carbocycles. The molecule has 2 aromatic rings. The Balaban J connectivity index is 1.97. The van der Waals surface area contributed by atoms with Crippen LogP contribution in [0.3, 0.4) is 0 Å². The molecule has 1 saturated heterocycles. The van der Waals surface area contributed by atoms with E-state index in [4.69, 9.17) is 16.3 Å². The van der Waals surface area contributed by atoms with Gasteiger partial charge in [-0.3, -0.25) is 9.59 Å². The van der Waals surface area contributed by atoms with Crippen LogP contribution in [0.5, 0.6) is 11.5 Å². The second-order valence-electron chi connectivity index (χ2n) is 5.27. The Morgan fingerprint density at radius 3 is 2.77 bits per heavy atom. The van der Waals surface area contributed by atoms with Crippen LogP contribution in [-0.2, 0) is 4.79 Å². The van der Waals surface area contributed by atoms with E-state index in [2.05, 4.69) is 15.9 Å². The molecule has 1 heterocycles. The standard InChI is InChI=1S/C18H13BrClNO4S/c1-2-25-15-6-10(13(19)9-14(15)22)7-16-17(23)21(18(24)26-16)12-5-3-4-11(20)8-12/h3-9,22H,2H2,1H3. The molecular formula is C18H13BrClNO4S. The van der Waals surface area contributed by atoms with Crippen LogP contribution in [0, 0.1) is 0 Å². The second kappa shape index (κ2) is 7.73. The van der Waals surface area contributed by atoms with Gasteiger partial charge in [-0.2, -0.15) is 0 Å². The number of imide groups is 1. The van der Waals surface area contributed by atoms with E-state index >= 15 is 0 Å². The summed E-state index contributed by atoms with van der Waals surface area (Å²) < 4.78 is 5.94. The lowest BCUT2D eigenvalue weighted by molar-refractivity contribution is -0.113. The zero-order valence-corrected chi connectivity index (χ0v) is 16.7. The molecule has 0 bridgehead atoms. The van der Waals surface area contributed by atoms with Crippen LogP contribution in [0.1, 0.15) is 12.5 Å². The fraction of sp³-hybridized carbons (Fsp3) is 0.111. The molecule has 134 valence electrons. The average Bonchev–Trinajstić information content (AvgIpc) is 2.86. The first-order valence-electron chi connectivity index (χ1n) is 7.59. The molecule has 0 saturated carbocycles. The van der Waals surface area contributed by atoms with E-state index in [9.17, 15) is 14.7 Å². The van der Waals surface area contributed by atoms with Crippen molar-refractivity contribution < 1.29 is 19.4 Å². The summed E-state index contributed by atoms with van der Waals surface area (Å²) >= 11 is 10.1. The normalized spacial score (nSPS) is 15.8. The summed E-state index contributed by atoms with van der Waals surface area (Å²) in [5.74, 6) is -0.140. The first kappa shape index (κ1) is 18.8. The molecule has 26 heavy (non-hydrogen) atoms. The molecule has 2 amide bonds. The number of benzene rings is 2. The summed E-state index contributed by atoms with van der Waals surface area (Å²) in [6.07, 6.45) is 1.58. The maximum Gasteiger partial charge on any atom is 0.298 e. The minimum absolute atomic E-state index is 0.0112. The summed E-state index contributed by atoms with van der Waals surface area (Å²) in [5.41, 5.74) is 1.03. The highest BCUT2D eigenvalue weighted by Crippen LogP contribution is 2.39. The van der Waals surface area contributed by atoms with Gasteiger partial charge in [-0.25, -0.2) is 4.90 Å². The lowest BCUT2D eigenvalue weighted by Crippen LogP contribution is -2.27. The van der Waals surface area contributed by atoms with Gasteiger partial charge in [0.2, 0.25) is 0 Å². The van der Waals surface area contributed by atoms with E-state index in [1.807, 2.05) is 0 Å². The molecule has 0 aliphatic carbocycles. The van der Waals surface area contributed by atoms with Gasteiger partial charge in [0.15, 0.2) is 11.5 Å². The van der Waals surface area contributed by atoms with Gasteiger partial charge in [-0.05, 0) is 60.7 Å². The van der Waals surface area contributed by atoms with Crippen molar-refractivity contribution in [2.75, 3.05) is 11.5 Å². The molecule has 0 spiro atoms. The lowest BCUT2D eigenvalue weighted by Gasteiger charge is -2.12. The molecule has 0 unspecified atom stereocenters. The predicted octanol–water partition coefficient (Wildman–Crippen LogP) is 5.45. The smallest absolute Gasteiger partial charge is 0.298 e. The number of thioether (sulfide) groups is 1. The summed E-state index contributed by atoms with van der Waals surface area (Å²) in [6, 6.07) is 9.64. The van der Waals surface area contributed by atoms with Gasteiger partial charge >= 0.3 is 0 Å². The Morgan fingerprint density at radius 2 is 2.08 bits per heavy atom. The molecule has 0 radical (unpaired) electrons. The highest BCUT2D eigenvalue weighted by atomic mass is 79.9. The number of carbonyl (C=O) groups is 2. The Bertz CT molecular complexity index is 931. The first-order valence-corrected chi connectivity index (χ1v) is 9.58. The van der Waals surface area contributed by atoms with Crippen molar-refractivity contribution in [3.05, 3.63) is 56.4 Å². The van der Waals surface area contributed by atoms with Crippen LogP contribution in [0.15, 0.2) is 45.8 Å². The first-order chi connectivity index (χ1) is 12.4. The Labute approximate surface area is 167 Å². The van der Waals surface area contributed by atoms with Crippen LogP contribution in [0.4, 0.5) is 10.5 Å². The van der Waals surface area contributed by atoms with Gasteiger partial charge in [0.1, 0.15) is 0 Å². The highest BCUT2D eigenvalue weighted by Gasteiger charge is 2.36. The fourth-order valence-corrected chi connectivity index (χ4v) is 3.85. The number of nitrogens with zero attached hydrogens (tertiary/aromatic N) is 1. The molecule has 0 atom stereocenters. The van der Waals surface area contributed by atoms with Crippen molar-refractivity contribution in [2.45, 2.75) is 6.92 Å². The van der Waals surface area contributed by atoms with Crippen molar-refractivity contribution in [3.63, 3.8) is 0 Å². The molecule has 1 aliphatic rings. The lowest BCUT2D eigenvalue weighted by atomic mass is 10.2. The van der Waals surface area contributed by atoms with Crippen molar-refractivity contribution >= 4 is 62.2 Å². The largest absolute Gasteiger partial charge is 0.504 e.